The molecule has 0 aliphatic heterocycles. The van der Waals surface area contributed by atoms with E-state index in [2.05, 4.69) is 51.1 Å². The molecule has 2 nitrogen and oxygen atoms in total. The molecular formula is C15H26O2Si. The van der Waals surface area contributed by atoms with Gasteiger partial charge in [0.1, 0.15) is 0 Å². The molecule has 1 aromatic rings. The summed E-state index contributed by atoms with van der Waals surface area (Å²) >= 11 is 0. The SMILES string of the molecule is CCCO[Si](CCC)(Cc1ccccc1)OCC. The Hall–Kier alpha value is -0.643. The second-order valence-electron chi connectivity index (χ2n) is 4.60. The molecule has 1 rings (SSSR count). The van der Waals surface area contributed by atoms with Crippen LogP contribution in [-0.2, 0) is 14.9 Å². The fourth-order valence-electron chi connectivity index (χ4n) is 2.22. The molecule has 0 N–H and O–H groups in total. The van der Waals surface area contributed by atoms with Gasteiger partial charge in [-0.1, -0.05) is 50.6 Å². The Kier molecular flexibility index (Phi) is 7.24. The summed E-state index contributed by atoms with van der Waals surface area (Å²) in [5.41, 5.74) is 1.34. The Morgan fingerprint density at radius 3 is 2.22 bits per heavy atom. The normalized spacial score (nSPS) is 14.4. The van der Waals surface area contributed by atoms with E-state index in [0.717, 1.165) is 38.1 Å². The van der Waals surface area contributed by atoms with Crippen molar-refractivity contribution in [3.63, 3.8) is 0 Å². The van der Waals surface area contributed by atoms with Crippen LogP contribution in [0.2, 0.25) is 6.04 Å². The molecule has 1 atom stereocenters. The third-order valence-corrected chi connectivity index (χ3v) is 6.68. The van der Waals surface area contributed by atoms with E-state index in [1.54, 1.807) is 0 Å². The number of benzene rings is 1. The predicted octanol–water partition coefficient (Wildman–Crippen LogP) is 4.08. The van der Waals surface area contributed by atoms with E-state index >= 15 is 0 Å². The summed E-state index contributed by atoms with van der Waals surface area (Å²) in [6.45, 7) is 8.00. The van der Waals surface area contributed by atoms with Gasteiger partial charge in [-0.3, -0.25) is 0 Å². The highest BCUT2D eigenvalue weighted by Crippen LogP contribution is 2.22. The molecule has 102 valence electrons. The van der Waals surface area contributed by atoms with Crippen LogP contribution < -0.4 is 0 Å². The first-order valence-corrected chi connectivity index (χ1v) is 9.31. The lowest BCUT2D eigenvalue weighted by atomic mass is 10.2. The van der Waals surface area contributed by atoms with Crippen LogP contribution in [0.1, 0.15) is 39.2 Å². The summed E-state index contributed by atoms with van der Waals surface area (Å²) in [5.74, 6) is 0. The molecule has 0 spiro atoms. The summed E-state index contributed by atoms with van der Waals surface area (Å²) in [6.07, 6.45) is 2.18. The van der Waals surface area contributed by atoms with Crippen LogP contribution in [-0.4, -0.2) is 21.8 Å². The maximum atomic E-state index is 6.18. The van der Waals surface area contributed by atoms with E-state index in [4.69, 9.17) is 8.85 Å². The monoisotopic (exact) mass is 266 g/mol. The molecule has 18 heavy (non-hydrogen) atoms. The standard InChI is InChI=1S/C15H26O2Si/c1-4-12-17-18(13-5-2,16-6-3)14-15-10-8-7-9-11-15/h7-11H,4-6,12-14H2,1-3H3. The summed E-state index contributed by atoms with van der Waals surface area (Å²) < 4.78 is 12.3. The topological polar surface area (TPSA) is 18.5 Å². The first kappa shape index (κ1) is 15.4. The largest absolute Gasteiger partial charge is 0.394 e. The Morgan fingerprint density at radius 1 is 0.944 bits per heavy atom. The van der Waals surface area contributed by atoms with Crippen molar-refractivity contribution in [1.82, 2.24) is 0 Å². The zero-order valence-corrected chi connectivity index (χ0v) is 12.9. The third kappa shape index (κ3) is 4.92. The summed E-state index contributed by atoms with van der Waals surface area (Å²) in [5, 5.41) is 0. The van der Waals surface area contributed by atoms with E-state index in [1.165, 1.54) is 5.56 Å². The van der Waals surface area contributed by atoms with Gasteiger partial charge in [0.2, 0.25) is 0 Å². The molecule has 1 unspecified atom stereocenters. The molecule has 1 aromatic carbocycles. The van der Waals surface area contributed by atoms with Crippen LogP contribution in [0.3, 0.4) is 0 Å². The van der Waals surface area contributed by atoms with Gasteiger partial charge in [-0.15, -0.1) is 0 Å². The molecule has 0 aliphatic rings. The zero-order chi connectivity index (χ0) is 13.3. The van der Waals surface area contributed by atoms with Crippen LogP contribution in [0.4, 0.5) is 0 Å². The Labute approximate surface area is 113 Å². The first-order valence-electron chi connectivity index (χ1n) is 7.08. The quantitative estimate of drug-likeness (QED) is 0.627. The van der Waals surface area contributed by atoms with Gasteiger partial charge < -0.3 is 8.85 Å². The van der Waals surface area contributed by atoms with Crippen molar-refractivity contribution < 1.29 is 8.85 Å². The number of hydrogen-bond donors (Lipinski definition) is 0. The van der Waals surface area contributed by atoms with Gasteiger partial charge in [0.05, 0.1) is 0 Å². The smallest absolute Gasteiger partial charge is 0.342 e. The molecule has 3 heteroatoms. The minimum atomic E-state index is -2.06. The number of hydrogen-bond acceptors (Lipinski definition) is 2. The van der Waals surface area contributed by atoms with Crippen molar-refractivity contribution in [2.45, 2.75) is 45.7 Å². The second kappa shape index (κ2) is 8.46. The van der Waals surface area contributed by atoms with Crippen LogP contribution in [0, 0.1) is 0 Å². The van der Waals surface area contributed by atoms with Crippen molar-refractivity contribution in [2.75, 3.05) is 13.2 Å². The molecular weight excluding hydrogens is 240 g/mol. The van der Waals surface area contributed by atoms with Crippen LogP contribution in [0.5, 0.6) is 0 Å². The van der Waals surface area contributed by atoms with Gasteiger partial charge in [-0.05, 0) is 25.0 Å². The first-order chi connectivity index (χ1) is 8.76. The minimum Gasteiger partial charge on any atom is -0.394 e. The van der Waals surface area contributed by atoms with E-state index < -0.39 is 8.56 Å². The highest BCUT2D eigenvalue weighted by molar-refractivity contribution is 6.66. The molecule has 0 bridgehead atoms. The third-order valence-electron chi connectivity index (χ3n) is 2.92. The van der Waals surface area contributed by atoms with Gasteiger partial charge >= 0.3 is 8.56 Å². The van der Waals surface area contributed by atoms with E-state index in [9.17, 15) is 0 Å². The van der Waals surface area contributed by atoms with E-state index in [-0.39, 0.29) is 0 Å². The lowest BCUT2D eigenvalue weighted by Crippen LogP contribution is -2.45. The zero-order valence-electron chi connectivity index (χ0n) is 11.9. The van der Waals surface area contributed by atoms with E-state index in [1.807, 2.05) is 0 Å². The van der Waals surface area contributed by atoms with Crippen LogP contribution >= 0.6 is 0 Å². The fraction of sp³-hybridized carbons (Fsp3) is 0.600. The minimum absolute atomic E-state index is 0.753. The van der Waals surface area contributed by atoms with Gasteiger partial charge in [0.25, 0.3) is 0 Å². The lowest BCUT2D eigenvalue weighted by Gasteiger charge is -2.30. The van der Waals surface area contributed by atoms with Crippen LogP contribution in [0.15, 0.2) is 30.3 Å². The molecule has 0 aromatic heterocycles. The molecule has 0 amide bonds. The lowest BCUT2D eigenvalue weighted by molar-refractivity contribution is 0.173. The predicted molar refractivity (Wildman–Crippen MR) is 78.9 cm³/mol. The highest BCUT2D eigenvalue weighted by Gasteiger charge is 2.36. The number of rotatable bonds is 9. The second-order valence-corrected chi connectivity index (χ2v) is 7.86. The van der Waals surface area contributed by atoms with Gasteiger partial charge in [-0.25, -0.2) is 0 Å². The summed E-state index contributed by atoms with van der Waals surface area (Å²) in [6, 6.07) is 12.6. The van der Waals surface area contributed by atoms with Gasteiger partial charge in [0.15, 0.2) is 0 Å². The van der Waals surface area contributed by atoms with Gasteiger partial charge in [0, 0.05) is 19.3 Å². The maximum Gasteiger partial charge on any atom is 0.342 e. The molecule has 0 fully saturated rings. The summed E-state index contributed by atoms with van der Waals surface area (Å²) in [4.78, 5) is 0. The Morgan fingerprint density at radius 2 is 1.67 bits per heavy atom. The van der Waals surface area contributed by atoms with Crippen molar-refractivity contribution >= 4 is 8.56 Å². The average molecular weight is 266 g/mol. The van der Waals surface area contributed by atoms with Crippen molar-refractivity contribution in [3.05, 3.63) is 35.9 Å². The molecule has 0 radical (unpaired) electrons. The molecule has 0 aliphatic carbocycles. The van der Waals surface area contributed by atoms with E-state index in [0.29, 0.717) is 0 Å². The van der Waals surface area contributed by atoms with Crippen molar-refractivity contribution in [2.24, 2.45) is 0 Å². The van der Waals surface area contributed by atoms with Crippen LogP contribution in [0.25, 0.3) is 0 Å². The molecule has 0 saturated carbocycles. The molecule has 0 heterocycles. The average Bonchev–Trinajstić information content (AvgIpc) is 2.38. The Bertz CT molecular complexity index is 308. The fourth-order valence-corrected chi connectivity index (χ4v) is 5.69. The van der Waals surface area contributed by atoms with Crippen molar-refractivity contribution in [3.8, 4) is 0 Å². The Balaban J connectivity index is 2.79. The maximum absolute atomic E-state index is 6.18. The summed E-state index contributed by atoms with van der Waals surface area (Å²) in [7, 11) is -2.06. The molecule has 0 saturated heterocycles. The van der Waals surface area contributed by atoms with Gasteiger partial charge in [-0.2, -0.15) is 0 Å². The highest BCUT2D eigenvalue weighted by atomic mass is 28.4. The van der Waals surface area contributed by atoms with Crippen molar-refractivity contribution in [1.29, 1.82) is 0 Å².